The standard InChI is InChI=1S/C12H21N3/c1-2-3-6-14-12(9-13)10-15-7-4-11(12)5-8-15/h1,11,14H,3-10,13H2. The van der Waals surface area contributed by atoms with Crippen molar-refractivity contribution in [3.8, 4) is 12.3 Å². The second-order valence-electron chi connectivity index (χ2n) is 4.79. The molecule has 84 valence electrons. The number of nitrogens with zero attached hydrogens (tertiary/aromatic N) is 1. The molecule has 3 aliphatic heterocycles. The maximum absolute atomic E-state index is 5.97. The van der Waals surface area contributed by atoms with Gasteiger partial charge in [-0.15, -0.1) is 12.3 Å². The summed E-state index contributed by atoms with van der Waals surface area (Å²) in [5, 5.41) is 3.61. The number of hydrogen-bond donors (Lipinski definition) is 2. The number of terminal acetylenes is 1. The third-order valence-corrected chi connectivity index (χ3v) is 3.99. The highest BCUT2D eigenvalue weighted by Gasteiger charge is 2.45. The zero-order valence-electron chi connectivity index (χ0n) is 9.34. The third kappa shape index (κ3) is 2.03. The Morgan fingerprint density at radius 2 is 2.20 bits per heavy atom. The van der Waals surface area contributed by atoms with Crippen LogP contribution in [0.1, 0.15) is 19.3 Å². The van der Waals surface area contributed by atoms with Crippen LogP contribution in [0, 0.1) is 18.3 Å². The summed E-state index contributed by atoms with van der Waals surface area (Å²) < 4.78 is 0. The van der Waals surface area contributed by atoms with Crippen LogP contribution >= 0.6 is 0 Å². The minimum absolute atomic E-state index is 0.146. The average Bonchev–Trinajstić information content (AvgIpc) is 2.31. The molecule has 3 nitrogen and oxygen atoms in total. The molecule has 3 saturated heterocycles. The Morgan fingerprint density at radius 3 is 2.67 bits per heavy atom. The van der Waals surface area contributed by atoms with Gasteiger partial charge >= 0.3 is 0 Å². The third-order valence-electron chi connectivity index (χ3n) is 3.99. The predicted molar refractivity (Wildman–Crippen MR) is 62.4 cm³/mol. The summed E-state index contributed by atoms with van der Waals surface area (Å²) in [5.74, 6) is 3.43. The van der Waals surface area contributed by atoms with Gasteiger partial charge in [0.2, 0.25) is 0 Å². The first-order valence-corrected chi connectivity index (χ1v) is 5.91. The second-order valence-corrected chi connectivity index (χ2v) is 4.79. The Balaban J connectivity index is 1.98. The molecule has 1 atom stereocenters. The molecule has 0 aliphatic carbocycles. The molecule has 1 unspecified atom stereocenters. The van der Waals surface area contributed by atoms with Gasteiger partial charge in [0.1, 0.15) is 0 Å². The number of rotatable bonds is 4. The van der Waals surface area contributed by atoms with Crippen molar-refractivity contribution < 1.29 is 0 Å². The molecule has 3 N–H and O–H groups in total. The van der Waals surface area contributed by atoms with Gasteiger partial charge in [0, 0.05) is 31.6 Å². The highest BCUT2D eigenvalue weighted by molar-refractivity contribution is 5.05. The molecule has 2 bridgehead atoms. The van der Waals surface area contributed by atoms with E-state index in [2.05, 4.69) is 16.1 Å². The Kier molecular flexibility index (Phi) is 3.30. The average molecular weight is 207 g/mol. The molecule has 3 rings (SSSR count). The predicted octanol–water partition coefficient (Wildman–Crippen LogP) is 0.0224. The summed E-state index contributed by atoms with van der Waals surface area (Å²) in [5.41, 5.74) is 6.11. The van der Waals surface area contributed by atoms with E-state index in [1.807, 2.05) is 0 Å². The molecule has 15 heavy (non-hydrogen) atoms. The maximum atomic E-state index is 5.97. The minimum Gasteiger partial charge on any atom is -0.329 e. The van der Waals surface area contributed by atoms with Gasteiger partial charge in [0.05, 0.1) is 0 Å². The van der Waals surface area contributed by atoms with Gasteiger partial charge in [0.25, 0.3) is 0 Å². The van der Waals surface area contributed by atoms with Crippen LogP contribution in [0.3, 0.4) is 0 Å². The van der Waals surface area contributed by atoms with Gasteiger partial charge in [-0.1, -0.05) is 0 Å². The van der Waals surface area contributed by atoms with Crippen molar-refractivity contribution in [3.05, 3.63) is 0 Å². The topological polar surface area (TPSA) is 41.3 Å². The Morgan fingerprint density at radius 1 is 1.47 bits per heavy atom. The molecule has 0 radical (unpaired) electrons. The maximum Gasteiger partial charge on any atom is 0.0462 e. The molecule has 0 spiro atoms. The summed E-state index contributed by atoms with van der Waals surface area (Å²) in [4.78, 5) is 2.52. The lowest BCUT2D eigenvalue weighted by Crippen LogP contribution is -2.69. The van der Waals surface area contributed by atoms with Crippen LogP contribution in [-0.4, -0.2) is 43.2 Å². The summed E-state index contributed by atoms with van der Waals surface area (Å²) >= 11 is 0. The van der Waals surface area contributed by atoms with Crippen LogP contribution in [0.25, 0.3) is 0 Å². The van der Waals surface area contributed by atoms with E-state index in [-0.39, 0.29) is 5.54 Å². The lowest BCUT2D eigenvalue weighted by Gasteiger charge is -2.53. The summed E-state index contributed by atoms with van der Waals surface area (Å²) in [6.07, 6.45) is 8.66. The Labute approximate surface area is 92.4 Å². The minimum atomic E-state index is 0.146. The van der Waals surface area contributed by atoms with E-state index in [4.69, 9.17) is 12.2 Å². The molecule has 0 aromatic carbocycles. The molecule has 0 amide bonds. The lowest BCUT2D eigenvalue weighted by molar-refractivity contribution is 0.0116. The number of hydrogen-bond acceptors (Lipinski definition) is 3. The van der Waals surface area contributed by atoms with Crippen molar-refractivity contribution >= 4 is 0 Å². The van der Waals surface area contributed by atoms with Crippen LogP contribution in [0.15, 0.2) is 0 Å². The molecule has 3 heterocycles. The zero-order valence-corrected chi connectivity index (χ0v) is 9.34. The van der Waals surface area contributed by atoms with E-state index in [0.717, 1.165) is 32.0 Å². The highest BCUT2D eigenvalue weighted by Crippen LogP contribution is 2.34. The monoisotopic (exact) mass is 207 g/mol. The van der Waals surface area contributed by atoms with E-state index in [1.54, 1.807) is 0 Å². The van der Waals surface area contributed by atoms with Crippen LogP contribution in [0.4, 0.5) is 0 Å². The van der Waals surface area contributed by atoms with Crippen LogP contribution in [0.5, 0.6) is 0 Å². The van der Waals surface area contributed by atoms with Gasteiger partial charge in [0.15, 0.2) is 0 Å². The molecular weight excluding hydrogens is 186 g/mol. The van der Waals surface area contributed by atoms with Crippen molar-refractivity contribution in [3.63, 3.8) is 0 Å². The van der Waals surface area contributed by atoms with Gasteiger partial charge in [-0.05, 0) is 31.8 Å². The van der Waals surface area contributed by atoms with Gasteiger partial charge in [-0.25, -0.2) is 0 Å². The quantitative estimate of drug-likeness (QED) is 0.504. The van der Waals surface area contributed by atoms with Gasteiger partial charge in [-0.3, -0.25) is 0 Å². The summed E-state index contributed by atoms with van der Waals surface area (Å²) in [6.45, 7) is 5.25. The van der Waals surface area contributed by atoms with E-state index in [0.29, 0.717) is 0 Å². The smallest absolute Gasteiger partial charge is 0.0462 e. The summed E-state index contributed by atoms with van der Waals surface area (Å²) in [7, 11) is 0. The van der Waals surface area contributed by atoms with Crippen molar-refractivity contribution in [2.24, 2.45) is 11.7 Å². The van der Waals surface area contributed by atoms with Gasteiger partial charge in [-0.2, -0.15) is 0 Å². The lowest BCUT2D eigenvalue weighted by atomic mass is 9.72. The van der Waals surface area contributed by atoms with Crippen molar-refractivity contribution in [1.82, 2.24) is 10.2 Å². The summed E-state index contributed by atoms with van der Waals surface area (Å²) in [6, 6.07) is 0. The fraction of sp³-hybridized carbons (Fsp3) is 0.833. The molecular formula is C12H21N3. The first-order chi connectivity index (χ1) is 7.30. The molecule has 0 saturated carbocycles. The van der Waals surface area contributed by atoms with E-state index in [9.17, 15) is 0 Å². The van der Waals surface area contributed by atoms with E-state index >= 15 is 0 Å². The second kappa shape index (κ2) is 4.52. The van der Waals surface area contributed by atoms with Crippen LogP contribution in [-0.2, 0) is 0 Å². The molecule has 3 heteroatoms. The fourth-order valence-corrected chi connectivity index (χ4v) is 3.06. The van der Waals surface area contributed by atoms with Crippen molar-refractivity contribution in [2.45, 2.75) is 24.8 Å². The van der Waals surface area contributed by atoms with Crippen LogP contribution < -0.4 is 11.1 Å². The molecule has 3 aliphatic rings. The first kappa shape index (κ1) is 10.9. The van der Waals surface area contributed by atoms with Crippen molar-refractivity contribution in [1.29, 1.82) is 0 Å². The molecule has 3 fully saturated rings. The molecule has 0 aromatic rings. The number of nitrogens with one attached hydrogen (secondary N) is 1. The largest absolute Gasteiger partial charge is 0.329 e. The number of nitrogens with two attached hydrogens (primary N) is 1. The first-order valence-electron chi connectivity index (χ1n) is 5.91. The van der Waals surface area contributed by atoms with Crippen LogP contribution in [0.2, 0.25) is 0 Å². The van der Waals surface area contributed by atoms with E-state index < -0.39 is 0 Å². The van der Waals surface area contributed by atoms with E-state index in [1.165, 1.54) is 25.9 Å². The highest BCUT2D eigenvalue weighted by atomic mass is 15.2. The SMILES string of the molecule is C#CCCNC1(CN)CN2CCC1CC2. The van der Waals surface area contributed by atoms with Gasteiger partial charge < -0.3 is 16.0 Å². The normalized spacial score (nSPS) is 38.9. The Hall–Kier alpha value is -0.560. The number of fused-ring (bicyclic) bond motifs is 3. The zero-order chi connectivity index (χ0) is 10.7. The molecule has 0 aromatic heterocycles. The number of piperidine rings is 3. The van der Waals surface area contributed by atoms with Crippen molar-refractivity contribution in [2.75, 3.05) is 32.7 Å². The fourth-order valence-electron chi connectivity index (χ4n) is 3.06. The Bertz CT molecular complexity index is 250.